The minimum Gasteiger partial charge on any atom is -0.374 e. The first-order valence-corrected chi connectivity index (χ1v) is 2.77. The minimum absolute atomic E-state index is 0.491. The van der Waals surface area contributed by atoms with E-state index in [0.717, 1.165) is 12.8 Å². The molecular formula is C6H8O. The Bertz CT molecular complexity index is 62.2. The maximum Gasteiger partial charge on any atom is 0.0615 e. The van der Waals surface area contributed by atoms with Gasteiger partial charge in [-0.1, -0.05) is 0 Å². The molecule has 7 heavy (non-hydrogen) atoms. The molecule has 2 bridgehead atoms. The van der Waals surface area contributed by atoms with Crippen molar-refractivity contribution in [2.45, 2.75) is 25.0 Å². The lowest BCUT2D eigenvalue weighted by Gasteiger charge is -1.99. The van der Waals surface area contributed by atoms with Gasteiger partial charge in [-0.2, -0.15) is 0 Å². The zero-order valence-electron chi connectivity index (χ0n) is 4.13. The molecule has 0 spiro atoms. The van der Waals surface area contributed by atoms with Crippen LogP contribution >= 0.6 is 0 Å². The molecule has 2 aliphatic heterocycles. The largest absolute Gasteiger partial charge is 0.374 e. The van der Waals surface area contributed by atoms with Crippen LogP contribution in [-0.2, 0) is 4.74 Å². The Labute approximate surface area is 43.7 Å². The predicted octanol–water partition coefficient (Wildman–Crippen LogP) is 0.956. The van der Waals surface area contributed by atoms with Crippen LogP contribution in [0.1, 0.15) is 12.8 Å². The second kappa shape index (κ2) is 1.22. The summed E-state index contributed by atoms with van der Waals surface area (Å²) in [5.74, 6) is 0. The van der Waals surface area contributed by atoms with Crippen molar-refractivity contribution in [2.75, 3.05) is 0 Å². The van der Waals surface area contributed by atoms with Gasteiger partial charge in [-0.25, -0.2) is 0 Å². The van der Waals surface area contributed by atoms with Crippen LogP contribution in [0.15, 0.2) is 0 Å². The third-order valence-electron chi connectivity index (χ3n) is 1.61. The van der Waals surface area contributed by atoms with E-state index in [9.17, 15) is 0 Å². The maximum atomic E-state index is 5.36. The van der Waals surface area contributed by atoms with Crippen LogP contribution in [0.2, 0.25) is 0 Å². The molecule has 0 aromatic carbocycles. The second-order valence-corrected chi connectivity index (χ2v) is 2.16. The number of rotatable bonds is 0. The van der Waals surface area contributed by atoms with E-state index in [0.29, 0.717) is 12.2 Å². The van der Waals surface area contributed by atoms with Gasteiger partial charge in [-0.3, -0.25) is 0 Å². The van der Waals surface area contributed by atoms with Gasteiger partial charge >= 0.3 is 0 Å². The van der Waals surface area contributed by atoms with Gasteiger partial charge in [-0.15, -0.1) is 0 Å². The van der Waals surface area contributed by atoms with Crippen molar-refractivity contribution in [1.82, 2.24) is 0 Å². The lowest BCUT2D eigenvalue weighted by molar-refractivity contribution is 0.119. The highest BCUT2D eigenvalue weighted by molar-refractivity contribution is 5.03. The zero-order chi connectivity index (χ0) is 4.69. The molecular weight excluding hydrogens is 88.1 g/mol. The van der Waals surface area contributed by atoms with Gasteiger partial charge in [0.1, 0.15) is 0 Å². The molecule has 0 aromatic rings. The standard InChI is InChI=1S/C6H8O/c1-2-6-4-3-5(1)7-6/h1,4-6H,2-3H2. The number of ether oxygens (including phenoxy) is 1. The van der Waals surface area contributed by atoms with Crippen molar-refractivity contribution in [3.63, 3.8) is 0 Å². The third kappa shape index (κ3) is 0.480. The van der Waals surface area contributed by atoms with Crippen LogP contribution in [0.25, 0.3) is 0 Å². The van der Waals surface area contributed by atoms with E-state index in [-0.39, 0.29) is 0 Å². The smallest absolute Gasteiger partial charge is 0.0615 e. The van der Waals surface area contributed by atoms with Crippen molar-refractivity contribution in [1.29, 1.82) is 0 Å². The highest BCUT2D eigenvalue weighted by Gasteiger charge is 2.32. The van der Waals surface area contributed by atoms with Gasteiger partial charge in [0, 0.05) is 0 Å². The van der Waals surface area contributed by atoms with E-state index in [1.54, 1.807) is 0 Å². The quantitative estimate of drug-likeness (QED) is 0.436. The number of fused-ring (bicyclic) bond motifs is 2. The summed E-state index contributed by atoms with van der Waals surface area (Å²) in [5.41, 5.74) is 0. The Hall–Kier alpha value is -0.0400. The fourth-order valence-electron chi connectivity index (χ4n) is 1.21. The van der Waals surface area contributed by atoms with E-state index in [2.05, 4.69) is 12.8 Å². The maximum absolute atomic E-state index is 5.36. The zero-order valence-corrected chi connectivity index (χ0v) is 4.13. The summed E-state index contributed by atoms with van der Waals surface area (Å²) in [4.78, 5) is 0. The Morgan fingerprint density at radius 2 is 1.71 bits per heavy atom. The van der Waals surface area contributed by atoms with Crippen LogP contribution in [0.3, 0.4) is 0 Å². The van der Waals surface area contributed by atoms with Crippen molar-refractivity contribution >= 4 is 0 Å². The van der Waals surface area contributed by atoms with Gasteiger partial charge in [-0.05, 0) is 25.7 Å². The van der Waals surface area contributed by atoms with Gasteiger partial charge < -0.3 is 4.74 Å². The van der Waals surface area contributed by atoms with Gasteiger partial charge in [0.2, 0.25) is 0 Å². The predicted molar refractivity (Wildman–Crippen MR) is 26.5 cm³/mol. The summed E-state index contributed by atoms with van der Waals surface area (Å²) >= 11 is 0. The average Bonchev–Trinajstić information content (AvgIpc) is 2.22. The topological polar surface area (TPSA) is 9.23 Å². The first-order valence-electron chi connectivity index (χ1n) is 2.77. The summed E-state index contributed by atoms with van der Waals surface area (Å²) in [5, 5.41) is 0. The molecule has 1 nitrogen and oxygen atoms in total. The lowest BCUT2D eigenvalue weighted by Crippen LogP contribution is -2.00. The Kier molecular flexibility index (Phi) is 0.680. The fraction of sp³-hybridized carbons (Fsp3) is 0.667. The molecule has 0 N–H and O–H groups in total. The van der Waals surface area contributed by atoms with Gasteiger partial charge in [0.05, 0.1) is 12.2 Å². The van der Waals surface area contributed by atoms with Crippen LogP contribution in [0.4, 0.5) is 0 Å². The third-order valence-corrected chi connectivity index (χ3v) is 1.61. The molecule has 2 saturated heterocycles. The lowest BCUT2D eigenvalue weighted by atomic mass is 10.0. The SMILES string of the molecule is [CH]1CC2[CH]CC1O2. The first kappa shape index (κ1) is 3.90. The average molecular weight is 96.1 g/mol. The van der Waals surface area contributed by atoms with E-state index in [1.165, 1.54) is 0 Å². The van der Waals surface area contributed by atoms with Gasteiger partial charge in [0.15, 0.2) is 0 Å². The van der Waals surface area contributed by atoms with E-state index in [1.807, 2.05) is 0 Å². The molecule has 0 saturated carbocycles. The van der Waals surface area contributed by atoms with Crippen molar-refractivity contribution < 1.29 is 4.74 Å². The molecule has 2 radical (unpaired) electrons. The van der Waals surface area contributed by atoms with Crippen molar-refractivity contribution in [2.24, 2.45) is 0 Å². The summed E-state index contributed by atoms with van der Waals surface area (Å²) in [6, 6.07) is 0. The fourth-order valence-corrected chi connectivity index (χ4v) is 1.21. The molecule has 2 atom stereocenters. The monoisotopic (exact) mass is 96.1 g/mol. The normalized spacial score (nSPS) is 48.0. The van der Waals surface area contributed by atoms with Crippen LogP contribution < -0.4 is 0 Å². The van der Waals surface area contributed by atoms with E-state index >= 15 is 0 Å². The molecule has 2 aliphatic rings. The Balaban J connectivity index is 2.12. The van der Waals surface area contributed by atoms with E-state index in [4.69, 9.17) is 4.74 Å². The molecule has 2 fully saturated rings. The summed E-state index contributed by atoms with van der Waals surface area (Å²) < 4.78 is 5.36. The number of hydrogen-bond donors (Lipinski definition) is 0. The molecule has 2 rings (SSSR count). The molecule has 0 aromatic heterocycles. The van der Waals surface area contributed by atoms with Crippen LogP contribution in [0.5, 0.6) is 0 Å². The van der Waals surface area contributed by atoms with Gasteiger partial charge in [0.25, 0.3) is 0 Å². The summed E-state index contributed by atoms with van der Waals surface area (Å²) in [7, 11) is 0. The Morgan fingerprint density at radius 1 is 1.14 bits per heavy atom. The van der Waals surface area contributed by atoms with Crippen molar-refractivity contribution in [3.8, 4) is 0 Å². The highest BCUT2D eigenvalue weighted by Crippen LogP contribution is 2.31. The van der Waals surface area contributed by atoms with Crippen molar-refractivity contribution in [3.05, 3.63) is 12.8 Å². The first-order chi connectivity index (χ1) is 3.45. The molecule has 2 heterocycles. The molecule has 1 heteroatoms. The molecule has 38 valence electrons. The molecule has 0 amide bonds. The van der Waals surface area contributed by atoms with Crippen LogP contribution in [0, 0.1) is 12.8 Å². The highest BCUT2D eigenvalue weighted by atomic mass is 16.5. The molecule has 0 aliphatic carbocycles. The van der Waals surface area contributed by atoms with E-state index < -0.39 is 0 Å². The minimum atomic E-state index is 0.491. The number of hydrogen-bond acceptors (Lipinski definition) is 1. The molecule has 2 unspecified atom stereocenters. The second-order valence-electron chi connectivity index (χ2n) is 2.16. The summed E-state index contributed by atoms with van der Waals surface area (Å²) in [6.45, 7) is 0. The Morgan fingerprint density at radius 3 is 1.86 bits per heavy atom. The van der Waals surface area contributed by atoms with Crippen LogP contribution in [-0.4, -0.2) is 12.2 Å². The summed E-state index contributed by atoms with van der Waals surface area (Å²) in [6.07, 6.45) is 7.81.